The summed E-state index contributed by atoms with van der Waals surface area (Å²) in [4.78, 5) is 26.0. The quantitative estimate of drug-likeness (QED) is 0.569. The Kier molecular flexibility index (Phi) is 6.54. The van der Waals surface area contributed by atoms with E-state index < -0.39 is 27.5 Å². The monoisotopic (exact) mass is 475 g/mol. The Morgan fingerprint density at radius 3 is 2.47 bits per heavy atom. The van der Waals surface area contributed by atoms with Crippen LogP contribution in [0.15, 0.2) is 69.8 Å². The topological polar surface area (TPSA) is 88.5 Å². The van der Waals surface area contributed by atoms with Crippen LogP contribution in [0.3, 0.4) is 0 Å². The van der Waals surface area contributed by atoms with Crippen LogP contribution in [0.5, 0.6) is 0 Å². The molecular weight excluding hydrogens is 453 g/mol. The molecule has 1 aliphatic rings. The fourth-order valence-corrected chi connectivity index (χ4v) is 5.99. The lowest BCUT2D eigenvalue weighted by Gasteiger charge is -2.19. The van der Waals surface area contributed by atoms with Gasteiger partial charge in [0.2, 0.25) is 15.9 Å². The molecule has 1 aliphatic heterocycles. The molecule has 0 radical (unpaired) electrons. The van der Waals surface area contributed by atoms with Crippen LogP contribution in [0.4, 0.5) is 4.39 Å². The maximum Gasteiger partial charge on any atom is 0.251 e. The van der Waals surface area contributed by atoms with Crippen LogP contribution in [0, 0.1) is 5.82 Å². The number of sulfonamides is 1. The second kappa shape index (κ2) is 9.35. The first-order chi connectivity index (χ1) is 15.3. The summed E-state index contributed by atoms with van der Waals surface area (Å²) in [6.07, 6.45) is 2.82. The van der Waals surface area contributed by atoms with Crippen molar-refractivity contribution in [1.29, 1.82) is 0 Å². The van der Waals surface area contributed by atoms with Crippen molar-refractivity contribution in [2.75, 3.05) is 13.1 Å². The molecule has 1 atom stereocenters. The molecule has 3 heterocycles. The minimum Gasteiger partial charge on any atom is -0.343 e. The Bertz CT molecular complexity index is 1250. The van der Waals surface area contributed by atoms with Crippen LogP contribution >= 0.6 is 11.3 Å². The maximum atomic E-state index is 13.4. The molecule has 3 aromatic rings. The number of carbonyl (C=O) groups is 1. The molecule has 1 N–H and O–H groups in total. The lowest BCUT2D eigenvalue weighted by Crippen LogP contribution is -2.35. The van der Waals surface area contributed by atoms with E-state index in [9.17, 15) is 22.4 Å². The normalized spacial score (nSPS) is 15.5. The summed E-state index contributed by atoms with van der Waals surface area (Å²) in [5, 5.41) is 4.74. The van der Waals surface area contributed by atoms with Crippen molar-refractivity contribution in [2.24, 2.45) is 0 Å². The number of hydrogen-bond donors (Lipinski definition) is 1. The molecular formula is C22H22FN3O4S2. The summed E-state index contributed by atoms with van der Waals surface area (Å²) in [6.45, 7) is 0.551. The highest BCUT2D eigenvalue weighted by molar-refractivity contribution is 7.89. The summed E-state index contributed by atoms with van der Waals surface area (Å²) in [7, 11) is -3.71. The van der Waals surface area contributed by atoms with Gasteiger partial charge in [-0.05, 0) is 48.1 Å². The van der Waals surface area contributed by atoms with Gasteiger partial charge in [-0.3, -0.25) is 9.59 Å². The fourth-order valence-electron chi connectivity index (χ4n) is 3.65. The molecule has 0 aliphatic carbocycles. The third kappa shape index (κ3) is 4.82. The average molecular weight is 476 g/mol. The van der Waals surface area contributed by atoms with Crippen molar-refractivity contribution in [3.8, 4) is 0 Å². The zero-order valence-corrected chi connectivity index (χ0v) is 18.7. The van der Waals surface area contributed by atoms with E-state index in [4.69, 9.17) is 0 Å². The van der Waals surface area contributed by atoms with Gasteiger partial charge in [0.1, 0.15) is 12.4 Å². The number of carbonyl (C=O) groups excluding carboxylic acids is 1. The van der Waals surface area contributed by atoms with Crippen molar-refractivity contribution in [1.82, 2.24) is 14.2 Å². The third-order valence-electron chi connectivity index (χ3n) is 5.31. The number of thiophene rings is 1. The molecule has 1 saturated heterocycles. The van der Waals surface area contributed by atoms with Gasteiger partial charge in [-0.1, -0.05) is 18.2 Å². The Balaban J connectivity index is 1.56. The number of aromatic nitrogens is 1. The number of rotatable bonds is 7. The largest absolute Gasteiger partial charge is 0.343 e. The van der Waals surface area contributed by atoms with E-state index in [0.29, 0.717) is 18.7 Å². The van der Waals surface area contributed by atoms with Crippen molar-refractivity contribution in [2.45, 2.75) is 30.3 Å². The highest BCUT2D eigenvalue weighted by Gasteiger charge is 2.28. The van der Waals surface area contributed by atoms with E-state index in [2.05, 4.69) is 5.32 Å². The molecule has 0 saturated carbocycles. The Morgan fingerprint density at radius 1 is 1.09 bits per heavy atom. The molecule has 1 fully saturated rings. The Morgan fingerprint density at radius 2 is 1.81 bits per heavy atom. The summed E-state index contributed by atoms with van der Waals surface area (Å²) in [5.41, 5.74) is 0.217. The standard InChI is InChI=1S/C22H22FN3O4S2/c23-17-7-5-16(6-8-17)22(19-4-3-13-31-19)24-20(27)15-25-14-18(9-10-21(25)28)32(29,30)26-11-1-2-12-26/h3-10,13-14,22H,1-2,11-12,15H2,(H,24,27)/t22-/m1/s1. The van der Waals surface area contributed by atoms with Gasteiger partial charge in [0.15, 0.2) is 0 Å². The summed E-state index contributed by atoms with van der Waals surface area (Å²) in [5.74, 6) is -0.849. The van der Waals surface area contributed by atoms with Crippen LogP contribution in [0.25, 0.3) is 0 Å². The number of hydrogen-bond acceptors (Lipinski definition) is 5. The first-order valence-electron chi connectivity index (χ1n) is 10.1. The van der Waals surface area contributed by atoms with Crippen LogP contribution in [-0.4, -0.2) is 36.3 Å². The molecule has 10 heteroatoms. The minimum absolute atomic E-state index is 0.0138. The molecule has 32 heavy (non-hydrogen) atoms. The number of halogens is 1. The molecule has 1 aromatic carbocycles. The lowest BCUT2D eigenvalue weighted by atomic mass is 10.1. The molecule has 7 nitrogen and oxygen atoms in total. The van der Waals surface area contributed by atoms with Crippen LogP contribution in [0.1, 0.15) is 29.3 Å². The SMILES string of the molecule is O=C(Cn1cc(S(=O)(=O)N2CCCC2)ccc1=O)N[C@H](c1ccc(F)cc1)c1cccs1. The second-order valence-electron chi connectivity index (χ2n) is 7.51. The molecule has 0 unspecified atom stereocenters. The van der Waals surface area contributed by atoms with E-state index in [1.54, 1.807) is 12.1 Å². The van der Waals surface area contributed by atoms with Crippen LogP contribution in [0.2, 0.25) is 0 Å². The molecule has 4 rings (SSSR count). The number of benzene rings is 1. The van der Waals surface area contributed by atoms with Gasteiger partial charge < -0.3 is 9.88 Å². The van der Waals surface area contributed by atoms with Crippen molar-refractivity contribution in [3.63, 3.8) is 0 Å². The first-order valence-corrected chi connectivity index (χ1v) is 12.5. The van der Waals surface area contributed by atoms with Crippen LogP contribution < -0.4 is 10.9 Å². The van der Waals surface area contributed by atoms with Gasteiger partial charge >= 0.3 is 0 Å². The average Bonchev–Trinajstić information content (AvgIpc) is 3.49. The van der Waals surface area contributed by atoms with Gasteiger partial charge in [0, 0.05) is 30.2 Å². The number of amides is 1. The van der Waals surface area contributed by atoms with Crippen molar-refractivity contribution < 1.29 is 17.6 Å². The highest BCUT2D eigenvalue weighted by atomic mass is 32.2. The Hall–Kier alpha value is -2.82. The van der Waals surface area contributed by atoms with E-state index in [-0.39, 0.29) is 17.3 Å². The van der Waals surface area contributed by atoms with Gasteiger partial charge in [-0.15, -0.1) is 11.3 Å². The molecule has 0 spiro atoms. The van der Waals surface area contributed by atoms with Gasteiger partial charge in [0.25, 0.3) is 5.56 Å². The lowest BCUT2D eigenvalue weighted by molar-refractivity contribution is -0.122. The van der Waals surface area contributed by atoms with Gasteiger partial charge in [-0.25, -0.2) is 12.8 Å². The molecule has 168 valence electrons. The first kappa shape index (κ1) is 22.4. The van der Waals surface area contributed by atoms with Crippen LogP contribution in [-0.2, 0) is 21.4 Å². The van der Waals surface area contributed by atoms with Crippen molar-refractivity contribution >= 4 is 27.3 Å². The second-order valence-corrected chi connectivity index (χ2v) is 10.4. The Labute approximate surface area is 189 Å². The maximum absolute atomic E-state index is 13.4. The third-order valence-corrected chi connectivity index (χ3v) is 8.13. The summed E-state index contributed by atoms with van der Waals surface area (Å²) in [6, 6.07) is 11.4. The molecule has 1 amide bonds. The van der Waals surface area contributed by atoms with E-state index in [0.717, 1.165) is 28.4 Å². The fraction of sp³-hybridized carbons (Fsp3) is 0.273. The highest BCUT2D eigenvalue weighted by Crippen LogP contribution is 2.26. The van der Waals surface area contributed by atoms with E-state index >= 15 is 0 Å². The smallest absolute Gasteiger partial charge is 0.251 e. The summed E-state index contributed by atoms with van der Waals surface area (Å²) >= 11 is 1.44. The predicted molar refractivity (Wildman–Crippen MR) is 119 cm³/mol. The van der Waals surface area contributed by atoms with E-state index in [1.165, 1.54) is 40.0 Å². The van der Waals surface area contributed by atoms with Gasteiger partial charge in [-0.2, -0.15) is 4.31 Å². The van der Waals surface area contributed by atoms with E-state index in [1.807, 2.05) is 17.5 Å². The van der Waals surface area contributed by atoms with Gasteiger partial charge in [0.05, 0.1) is 10.9 Å². The zero-order valence-electron chi connectivity index (χ0n) is 17.1. The molecule has 0 bridgehead atoms. The minimum atomic E-state index is -3.71. The van der Waals surface area contributed by atoms with Crippen molar-refractivity contribution in [3.05, 3.63) is 86.7 Å². The number of nitrogens with zero attached hydrogens (tertiary/aromatic N) is 2. The molecule has 2 aromatic heterocycles. The summed E-state index contributed by atoms with van der Waals surface area (Å²) < 4.78 is 41.5. The predicted octanol–water partition coefficient (Wildman–Crippen LogP) is 2.74. The zero-order chi connectivity index (χ0) is 22.7. The number of pyridine rings is 1. The number of nitrogens with one attached hydrogen (secondary N) is 1.